The van der Waals surface area contributed by atoms with Crippen molar-refractivity contribution >= 4 is 44.6 Å². The molecule has 1 aromatic heterocycles. The Kier molecular flexibility index (Phi) is 6.70. The first-order valence-corrected chi connectivity index (χ1v) is 11.1. The Morgan fingerprint density at radius 1 is 1.13 bits per heavy atom. The van der Waals surface area contributed by atoms with Gasteiger partial charge in [0.05, 0.1) is 40.6 Å². The van der Waals surface area contributed by atoms with Gasteiger partial charge in [-0.2, -0.15) is 5.10 Å². The van der Waals surface area contributed by atoms with E-state index < -0.39 is 15.8 Å². The van der Waals surface area contributed by atoms with Crippen molar-refractivity contribution in [3.63, 3.8) is 0 Å². The predicted octanol–water partition coefficient (Wildman–Crippen LogP) is 4.31. The first kappa shape index (κ1) is 22.1. The minimum absolute atomic E-state index is 0.00835. The molecule has 0 aliphatic carbocycles. The molecule has 1 unspecified atom stereocenters. The number of hydrogen-bond donors (Lipinski definition) is 1. The monoisotopic (exact) mass is 467 g/mol. The van der Waals surface area contributed by atoms with Crippen molar-refractivity contribution in [3.05, 3.63) is 64.9 Å². The highest BCUT2D eigenvalue weighted by molar-refractivity contribution is 7.91. The number of hydrogen-bond acceptors (Lipinski definition) is 5. The van der Waals surface area contributed by atoms with Gasteiger partial charge < -0.3 is 10.1 Å². The third-order valence-electron chi connectivity index (χ3n) is 4.33. The van der Waals surface area contributed by atoms with Crippen molar-refractivity contribution in [2.45, 2.75) is 23.3 Å². The molecule has 1 amide bonds. The molecule has 0 spiro atoms. The molecule has 3 aromatic rings. The Bertz CT molecular complexity index is 1160. The molecule has 1 heterocycles. The van der Waals surface area contributed by atoms with Crippen molar-refractivity contribution in [2.75, 3.05) is 12.4 Å². The fourth-order valence-electron chi connectivity index (χ4n) is 2.73. The third kappa shape index (κ3) is 5.13. The molecule has 0 aliphatic rings. The fraction of sp³-hybridized carbons (Fsp3) is 0.200. The van der Waals surface area contributed by atoms with Gasteiger partial charge in [0.2, 0.25) is 15.7 Å². The molecule has 0 bridgehead atoms. The van der Waals surface area contributed by atoms with Gasteiger partial charge in [-0.15, -0.1) is 0 Å². The van der Waals surface area contributed by atoms with E-state index in [9.17, 15) is 13.2 Å². The smallest absolute Gasteiger partial charge is 0.229 e. The van der Waals surface area contributed by atoms with Gasteiger partial charge in [0.1, 0.15) is 5.75 Å². The molecule has 1 N–H and O–H groups in total. The van der Waals surface area contributed by atoms with E-state index in [1.807, 2.05) is 0 Å². The maximum absolute atomic E-state index is 13.0. The Hall–Kier alpha value is -2.55. The van der Waals surface area contributed by atoms with Crippen LogP contribution in [0.1, 0.15) is 6.92 Å². The van der Waals surface area contributed by atoms with Crippen LogP contribution in [0.15, 0.2) is 64.6 Å². The number of rotatable bonds is 7. The fourth-order valence-corrected chi connectivity index (χ4v) is 4.34. The predicted molar refractivity (Wildman–Crippen MR) is 115 cm³/mol. The molecule has 0 radical (unpaired) electrons. The molecular formula is C20H19Cl2N3O4S. The van der Waals surface area contributed by atoms with E-state index in [4.69, 9.17) is 27.9 Å². The lowest BCUT2D eigenvalue weighted by Crippen LogP contribution is -2.24. The topological polar surface area (TPSA) is 90.3 Å². The molecule has 10 heteroatoms. The van der Waals surface area contributed by atoms with Crippen LogP contribution in [0.2, 0.25) is 10.0 Å². The second-order valence-corrected chi connectivity index (χ2v) is 9.45. The SMILES string of the molecule is COc1cc(NC(=O)C(C)Cn2cc(Cl)cn2)cc(S(=O)(=O)c2ccc(Cl)cc2)c1. The van der Waals surface area contributed by atoms with E-state index in [0.29, 0.717) is 28.0 Å². The number of amides is 1. The highest BCUT2D eigenvalue weighted by atomic mass is 35.5. The van der Waals surface area contributed by atoms with Crippen LogP contribution in [0.25, 0.3) is 0 Å². The van der Waals surface area contributed by atoms with Crippen LogP contribution in [0.5, 0.6) is 5.75 Å². The largest absolute Gasteiger partial charge is 0.497 e. The summed E-state index contributed by atoms with van der Waals surface area (Å²) in [7, 11) is -2.41. The van der Waals surface area contributed by atoms with Crippen molar-refractivity contribution in [1.82, 2.24) is 9.78 Å². The summed E-state index contributed by atoms with van der Waals surface area (Å²) in [6.45, 7) is 2.05. The van der Waals surface area contributed by atoms with Gasteiger partial charge in [-0.3, -0.25) is 9.48 Å². The van der Waals surface area contributed by atoms with Gasteiger partial charge in [0, 0.05) is 23.0 Å². The maximum Gasteiger partial charge on any atom is 0.229 e. The normalized spacial score (nSPS) is 12.4. The quantitative estimate of drug-likeness (QED) is 0.558. The van der Waals surface area contributed by atoms with E-state index >= 15 is 0 Å². The number of carbonyl (C=O) groups excluding carboxylic acids is 1. The average molecular weight is 468 g/mol. The van der Waals surface area contributed by atoms with Gasteiger partial charge in [-0.25, -0.2) is 8.42 Å². The number of carbonyl (C=O) groups is 1. The lowest BCUT2D eigenvalue weighted by atomic mass is 10.1. The minimum atomic E-state index is -3.83. The number of anilines is 1. The summed E-state index contributed by atoms with van der Waals surface area (Å²) in [5.41, 5.74) is 0.303. The number of ether oxygens (including phenoxy) is 1. The highest BCUT2D eigenvalue weighted by Gasteiger charge is 2.21. The molecule has 158 valence electrons. The number of nitrogens with zero attached hydrogens (tertiary/aromatic N) is 2. The highest BCUT2D eigenvalue weighted by Crippen LogP contribution is 2.29. The molecule has 0 saturated heterocycles. The molecule has 0 fully saturated rings. The standard InChI is InChI=1S/C20H19Cl2N3O4S/c1-13(11-25-12-15(22)10-23-25)20(26)24-16-7-17(29-2)9-19(8-16)30(27,28)18-5-3-14(21)4-6-18/h3-10,12-13H,11H2,1-2H3,(H,24,26). The van der Waals surface area contributed by atoms with Crippen molar-refractivity contribution < 1.29 is 17.9 Å². The second-order valence-electron chi connectivity index (χ2n) is 6.63. The molecule has 30 heavy (non-hydrogen) atoms. The summed E-state index contributed by atoms with van der Waals surface area (Å²) in [5, 5.41) is 7.70. The van der Waals surface area contributed by atoms with Crippen LogP contribution in [-0.4, -0.2) is 31.2 Å². The van der Waals surface area contributed by atoms with E-state index in [2.05, 4.69) is 10.4 Å². The van der Waals surface area contributed by atoms with E-state index in [-0.39, 0.29) is 15.7 Å². The Morgan fingerprint density at radius 2 is 1.83 bits per heavy atom. The number of halogens is 2. The van der Waals surface area contributed by atoms with Gasteiger partial charge >= 0.3 is 0 Å². The molecule has 1 atom stereocenters. The summed E-state index contributed by atoms with van der Waals surface area (Å²) >= 11 is 11.7. The van der Waals surface area contributed by atoms with Crippen molar-refractivity contribution in [3.8, 4) is 5.75 Å². The molecule has 0 aliphatic heterocycles. The molecule has 7 nitrogen and oxygen atoms in total. The zero-order valence-corrected chi connectivity index (χ0v) is 18.5. The third-order valence-corrected chi connectivity index (χ3v) is 6.52. The summed E-state index contributed by atoms with van der Waals surface area (Å²) in [6.07, 6.45) is 3.11. The van der Waals surface area contributed by atoms with Crippen LogP contribution in [0.3, 0.4) is 0 Å². The molecular weight excluding hydrogens is 449 g/mol. The Balaban J connectivity index is 1.85. The zero-order chi connectivity index (χ0) is 21.9. The summed E-state index contributed by atoms with van der Waals surface area (Å²) < 4.78 is 32.8. The molecule has 0 saturated carbocycles. The summed E-state index contributed by atoms with van der Waals surface area (Å²) in [4.78, 5) is 12.7. The van der Waals surface area contributed by atoms with Crippen LogP contribution in [-0.2, 0) is 21.2 Å². The van der Waals surface area contributed by atoms with Gasteiger partial charge in [-0.05, 0) is 36.4 Å². The van der Waals surface area contributed by atoms with Crippen LogP contribution in [0.4, 0.5) is 5.69 Å². The summed E-state index contributed by atoms with van der Waals surface area (Å²) in [6, 6.07) is 10.2. The average Bonchev–Trinajstić information content (AvgIpc) is 3.12. The number of aromatic nitrogens is 2. The lowest BCUT2D eigenvalue weighted by Gasteiger charge is -2.14. The van der Waals surface area contributed by atoms with Crippen molar-refractivity contribution in [1.29, 1.82) is 0 Å². The summed E-state index contributed by atoms with van der Waals surface area (Å²) in [5.74, 6) is -0.444. The molecule has 3 rings (SSSR count). The van der Waals surface area contributed by atoms with Crippen LogP contribution >= 0.6 is 23.2 Å². The van der Waals surface area contributed by atoms with Gasteiger partial charge in [-0.1, -0.05) is 30.1 Å². The van der Waals surface area contributed by atoms with Crippen LogP contribution in [0, 0.1) is 5.92 Å². The van der Waals surface area contributed by atoms with E-state index in [0.717, 1.165) is 0 Å². The number of sulfone groups is 1. The molecule has 2 aromatic carbocycles. The van der Waals surface area contributed by atoms with Crippen molar-refractivity contribution in [2.24, 2.45) is 5.92 Å². The Labute approximate surface area is 184 Å². The first-order chi connectivity index (χ1) is 14.2. The van der Waals surface area contributed by atoms with Crippen LogP contribution < -0.4 is 10.1 Å². The first-order valence-electron chi connectivity index (χ1n) is 8.87. The minimum Gasteiger partial charge on any atom is -0.497 e. The number of nitrogens with one attached hydrogen (secondary N) is 1. The van der Waals surface area contributed by atoms with E-state index in [1.54, 1.807) is 23.9 Å². The Morgan fingerprint density at radius 3 is 2.43 bits per heavy atom. The zero-order valence-electron chi connectivity index (χ0n) is 16.2. The van der Waals surface area contributed by atoms with E-state index in [1.165, 1.54) is 49.7 Å². The number of methoxy groups -OCH3 is 1. The van der Waals surface area contributed by atoms with Gasteiger partial charge in [0.25, 0.3) is 0 Å². The number of benzene rings is 2. The lowest BCUT2D eigenvalue weighted by molar-refractivity contribution is -0.119. The second kappa shape index (κ2) is 9.07. The maximum atomic E-state index is 13.0. The van der Waals surface area contributed by atoms with Gasteiger partial charge in [0.15, 0.2) is 0 Å².